The van der Waals surface area contributed by atoms with Crippen molar-refractivity contribution in [1.82, 2.24) is 0 Å². The van der Waals surface area contributed by atoms with Gasteiger partial charge in [-0.3, -0.25) is 0 Å². The van der Waals surface area contributed by atoms with Gasteiger partial charge in [0.25, 0.3) is 0 Å². The van der Waals surface area contributed by atoms with Gasteiger partial charge >= 0.3 is 0 Å². The van der Waals surface area contributed by atoms with Crippen molar-refractivity contribution >= 4 is 14.0 Å². The Morgan fingerprint density at radius 2 is 1.80 bits per heavy atom. The predicted octanol–water partition coefficient (Wildman–Crippen LogP) is 2.94. The lowest BCUT2D eigenvalue weighted by atomic mass is 10.1. The highest BCUT2D eigenvalue weighted by atomic mass is 28.4. The van der Waals surface area contributed by atoms with E-state index in [1.165, 1.54) is 5.69 Å². The summed E-state index contributed by atoms with van der Waals surface area (Å²) in [5, 5.41) is 9.28. The van der Waals surface area contributed by atoms with Gasteiger partial charge in [-0.25, -0.2) is 0 Å². The van der Waals surface area contributed by atoms with Gasteiger partial charge in [0.2, 0.25) is 0 Å². The van der Waals surface area contributed by atoms with Gasteiger partial charge in [0.1, 0.15) is 0 Å². The molecular formula is C15H22N2O2Si. The summed E-state index contributed by atoms with van der Waals surface area (Å²) in [6.45, 7) is 9.69. The molecule has 2 rings (SSSR count). The van der Waals surface area contributed by atoms with Crippen LogP contribution in [0.3, 0.4) is 0 Å². The van der Waals surface area contributed by atoms with Crippen molar-refractivity contribution in [2.75, 3.05) is 31.2 Å². The normalized spacial score (nSPS) is 17.6. The van der Waals surface area contributed by atoms with Gasteiger partial charge in [0, 0.05) is 18.8 Å². The van der Waals surface area contributed by atoms with Crippen LogP contribution in [-0.2, 0) is 9.16 Å². The van der Waals surface area contributed by atoms with Gasteiger partial charge < -0.3 is 14.1 Å². The third-order valence-electron chi connectivity index (χ3n) is 3.16. The van der Waals surface area contributed by atoms with Crippen molar-refractivity contribution < 1.29 is 9.16 Å². The molecular weight excluding hydrogens is 268 g/mol. The summed E-state index contributed by atoms with van der Waals surface area (Å²) in [5.74, 6) is 0. The van der Waals surface area contributed by atoms with E-state index in [0.717, 1.165) is 31.9 Å². The van der Waals surface area contributed by atoms with E-state index >= 15 is 0 Å². The molecule has 4 nitrogen and oxygen atoms in total. The molecule has 1 aromatic carbocycles. The van der Waals surface area contributed by atoms with E-state index in [-0.39, 0.29) is 0 Å². The lowest BCUT2D eigenvalue weighted by Crippen LogP contribution is -2.36. The maximum atomic E-state index is 9.28. The first-order valence-corrected chi connectivity index (χ1v) is 10.4. The summed E-state index contributed by atoms with van der Waals surface area (Å²) < 4.78 is 11.3. The van der Waals surface area contributed by atoms with E-state index in [1.807, 2.05) is 12.1 Å². The molecule has 1 unspecified atom stereocenters. The average molecular weight is 290 g/mol. The van der Waals surface area contributed by atoms with Crippen molar-refractivity contribution in [2.24, 2.45) is 0 Å². The van der Waals surface area contributed by atoms with Gasteiger partial charge in [0.05, 0.1) is 19.3 Å². The predicted molar refractivity (Wildman–Crippen MR) is 82.3 cm³/mol. The minimum atomic E-state index is -1.72. The molecule has 0 saturated carbocycles. The number of hydrogen-bond acceptors (Lipinski definition) is 4. The van der Waals surface area contributed by atoms with E-state index in [4.69, 9.17) is 9.16 Å². The van der Waals surface area contributed by atoms with Crippen LogP contribution < -0.4 is 4.90 Å². The molecule has 0 spiro atoms. The number of hydrogen-bond donors (Lipinski definition) is 0. The fraction of sp³-hybridized carbons (Fsp3) is 0.533. The largest absolute Gasteiger partial charge is 0.399 e. The first-order chi connectivity index (χ1) is 9.49. The van der Waals surface area contributed by atoms with Crippen LogP contribution >= 0.6 is 0 Å². The van der Waals surface area contributed by atoms with Crippen LogP contribution in [0.25, 0.3) is 0 Å². The van der Waals surface area contributed by atoms with Crippen LogP contribution in [0.4, 0.5) is 5.69 Å². The van der Waals surface area contributed by atoms with Crippen LogP contribution in [0, 0.1) is 11.3 Å². The second kappa shape index (κ2) is 6.40. The monoisotopic (exact) mass is 290 g/mol. The number of anilines is 1. The Balaban J connectivity index is 2.08. The van der Waals surface area contributed by atoms with Crippen molar-refractivity contribution in [1.29, 1.82) is 5.26 Å². The molecule has 108 valence electrons. The van der Waals surface area contributed by atoms with Gasteiger partial charge in [-0.2, -0.15) is 5.26 Å². The zero-order valence-corrected chi connectivity index (χ0v) is 13.4. The highest BCUT2D eigenvalue weighted by Gasteiger charge is 2.22. The second-order valence-electron chi connectivity index (χ2n) is 5.93. The Hall–Kier alpha value is -1.35. The van der Waals surface area contributed by atoms with Crippen LogP contribution in [0.15, 0.2) is 24.3 Å². The molecule has 1 saturated heterocycles. The molecule has 0 bridgehead atoms. The Morgan fingerprint density at radius 3 is 2.30 bits per heavy atom. The topological polar surface area (TPSA) is 45.5 Å². The van der Waals surface area contributed by atoms with E-state index in [9.17, 15) is 5.26 Å². The first kappa shape index (κ1) is 15.0. The molecule has 0 amide bonds. The summed E-state index contributed by atoms with van der Waals surface area (Å²) in [5.41, 5.74) is 2.12. The number of benzene rings is 1. The molecule has 0 aromatic heterocycles. The first-order valence-electron chi connectivity index (χ1n) is 7.00. The smallest absolute Gasteiger partial charge is 0.186 e. The molecule has 0 N–H and O–H groups in total. The fourth-order valence-electron chi connectivity index (χ4n) is 2.20. The highest BCUT2D eigenvalue weighted by Crippen LogP contribution is 2.24. The number of morpholine rings is 1. The van der Waals surface area contributed by atoms with Gasteiger partial charge in [-0.05, 0) is 37.3 Å². The summed E-state index contributed by atoms with van der Waals surface area (Å²) in [6, 6.07) is 10.4. The van der Waals surface area contributed by atoms with Crippen LogP contribution in [0.2, 0.25) is 19.6 Å². The lowest BCUT2D eigenvalue weighted by molar-refractivity contribution is 0.122. The van der Waals surface area contributed by atoms with Crippen LogP contribution in [-0.4, -0.2) is 34.6 Å². The Bertz CT molecular complexity index is 470. The minimum absolute atomic E-state index is 0.458. The van der Waals surface area contributed by atoms with E-state index in [1.54, 1.807) is 0 Å². The highest BCUT2D eigenvalue weighted by molar-refractivity contribution is 6.69. The van der Waals surface area contributed by atoms with Gasteiger partial charge in [-0.1, -0.05) is 12.1 Å². The molecule has 1 fully saturated rings. The van der Waals surface area contributed by atoms with Crippen molar-refractivity contribution in [3.8, 4) is 6.07 Å². The summed E-state index contributed by atoms with van der Waals surface area (Å²) >= 11 is 0. The molecule has 0 radical (unpaired) electrons. The summed E-state index contributed by atoms with van der Waals surface area (Å²) in [6.07, 6.45) is -0.458. The molecule has 0 aliphatic carbocycles. The van der Waals surface area contributed by atoms with E-state index < -0.39 is 14.4 Å². The molecule has 1 atom stereocenters. The Kier molecular flexibility index (Phi) is 4.81. The van der Waals surface area contributed by atoms with Crippen LogP contribution in [0.5, 0.6) is 0 Å². The molecule has 1 heterocycles. The lowest BCUT2D eigenvalue weighted by Gasteiger charge is -2.29. The zero-order valence-electron chi connectivity index (χ0n) is 12.4. The quantitative estimate of drug-likeness (QED) is 0.800. The number of nitrogens with zero attached hydrogens (tertiary/aromatic N) is 2. The number of nitriles is 1. The van der Waals surface area contributed by atoms with E-state index in [0.29, 0.717) is 0 Å². The molecule has 1 aromatic rings. The number of rotatable bonds is 4. The Morgan fingerprint density at radius 1 is 1.20 bits per heavy atom. The van der Waals surface area contributed by atoms with Crippen molar-refractivity contribution in [3.05, 3.63) is 29.8 Å². The SMILES string of the molecule is C[Si](C)(C)OC(C#N)c1ccc(N2CCOCC2)cc1. The molecule has 5 heteroatoms. The van der Waals surface area contributed by atoms with Gasteiger partial charge in [0.15, 0.2) is 14.4 Å². The number of ether oxygens (including phenoxy) is 1. The fourth-order valence-corrected chi connectivity index (χ4v) is 3.10. The maximum absolute atomic E-state index is 9.28. The Labute approximate surface area is 122 Å². The standard InChI is InChI=1S/C15H22N2O2Si/c1-20(2,3)19-15(12-16)13-4-6-14(7-5-13)17-8-10-18-11-9-17/h4-7,15H,8-11H2,1-3H3. The van der Waals surface area contributed by atoms with Crippen molar-refractivity contribution in [2.45, 2.75) is 25.7 Å². The summed E-state index contributed by atoms with van der Waals surface area (Å²) in [7, 11) is -1.72. The molecule has 20 heavy (non-hydrogen) atoms. The van der Waals surface area contributed by atoms with E-state index in [2.05, 4.69) is 42.7 Å². The third-order valence-corrected chi connectivity index (χ3v) is 4.10. The zero-order chi connectivity index (χ0) is 14.6. The van der Waals surface area contributed by atoms with Gasteiger partial charge in [-0.15, -0.1) is 0 Å². The molecule has 1 aliphatic rings. The maximum Gasteiger partial charge on any atom is 0.186 e. The third kappa shape index (κ3) is 4.07. The second-order valence-corrected chi connectivity index (χ2v) is 10.4. The van der Waals surface area contributed by atoms with Crippen LogP contribution in [0.1, 0.15) is 11.7 Å². The van der Waals surface area contributed by atoms with Crippen molar-refractivity contribution in [3.63, 3.8) is 0 Å². The minimum Gasteiger partial charge on any atom is -0.399 e. The average Bonchev–Trinajstić information content (AvgIpc) is 2.45. The molecule has 1 aliphatic heterocycles. The summed E-state index contributed by atoms with van der Waals surface area (Å²) in [4.78, 5) is 2.30.